The Kier molecular flexibility index (Phi) is 4.17. The molecule has 1 aromatic carbocycles. The highest BCUT2D eigenvalue weighted by Gasteiger charge is 1.98. The summed E-state index contributed by atoms with van der Waals surface area (Å²) in [6, 6.07) is 4.34. The van der Waals surface area contributed by atoms with Gasteiger partial charge in [0.15, 0.2) is 0 Å². The lowest BCUT2D eigenvalue weighted by Crippen LogP contribution is -1.84. The Balaban J connectivity index is 0.000000461. The van der Waals surface area contributed by atoms with Crippen LogP contribution in [0.25, 0.3) is 0 Å². The van der Waals surface area contributed by atoms with Crippen LogP contribution in [-0.4, -0.2) is 14.9 Å². The number of halogens is 1. The lowest BCUT2D eigenvalue weighted by atomic mass is 10.3. The van der Waals surface area contributed by atoms with Crippen LogP contribution in [0, 0.1) is 0 Å². The van der Waals surface area contributed by atoms with Gasteiger partial charge in [0.25, 0.3) is 0 Å². The van der Waals surface area contributed by atoms with Crippen LogP contribution in [-0.2, 0) is 0 Å². The number of benzene rings is 1. The normalized spacial score (nSPS) is 8.18. The number of hydrogen-bond donors (Lipinski definition) is 4. The van der Waals surface area contributed by atoms with Crippen molar-refractivity contribution < 1.29 is 14.9 Å². The summed E-state index contributed by atoms with van der Waals surface area (Å²) in [5.41, 5.74) is 5.21. The van der Waals surface area contributed by atoms with E-state index in [1.54, 1.807) is 0 Å². The van der Waals surface area contributed by atoms with E-state index < -0.39 is 0 Å². The maximum absolute atomic E-state index is 8.82. The summed E-state index contributed by atoms with van der Waals surface area (Å²) in [6.45, 7) is 0. The Labute approximate surface area is 68.6 Å². The molecule has 1 rings (SSSR count). The fourth-order valence-corrected chi connectivity index (χ4v) is 0.541. The van der Waals surface area contributed by atoms with Gasteiger partial charge in [-0.2, -0.15) is 0 Å². The fraction of sp³-hybridized carbons (Fsp3) is 0. The fourth-order valence-electron chi connectivity index (χ4n) is 0.541. The van der Waals surface area contributed by atoms with Gasteiger partial charge in [-0.05, 0) is 12.1 Å². The predicted molar refractivity (Wildman–Crippen MR) is 42.3 cm³/mol. The topological polar surface area (TPSA) is 86.7 Å². The van der Waals surface area contributed by atoms with Crippen molar-refractivity contribution in [3.63, 3.8) is 0 Å². The molecule has 0 aliphatic carbocycles. The second-order valence-corrected chi connectivity index (χ2v) is 1.71. The number of nitrogen functional groups attached to an aromatic ring is 1. The largest absolute Gasteiger partial charge is 0.506 e. The molecule has 0 saturated carbocycles. The van der Waals surface area contributed by atoms with Crippen LogP contribution in [0.5, 0.6) is 11.5 Å². The molecule has 0 amide bonds. The second-order valence-electron chi connectivity index (χ2n) is 1.71. The van der Waals surface area contributed by atoms with Crippen LogP contribution in [0.2, 0.25) is 0 Å². The van der Waals surface area contributed by atoms with E-state index in [0.29, 0.717) is 0 Å². The molecule has 0 heterocycles. The summed E-state index contributed by atoms with van der Waals surface area (Å²) in [6.07, 6.45) is 0. The van der Waals surface area contributed by atoms with E-state index in [0.717, 1.165) is 0 Å². The number of nitrogens with two attached hydrogens (primary N) is 1. The summed E-state index contributed by atoms with van der Waals surface area (Å²) in [5, 5.41) is 17.6. The van der Waals surface area contributed by atoms with Crippen LogP contribution >= 0.6 is 11.9 Å². The highest BCUT2D eigenvalue weighted by molar-refractivity contribution is 6.04. The number of hydrogen-bond acceptors (Lipinski definition) is 4. The molecule has 62 valence electrons. The van der Waals surface area contributed by atoms with Crippen molar-refractivity contribution in [2.45, 2.75) is 0 Å². The van der Waals surface area contributed by atoms with Crippen molar-refractivity contribution >= 4 is 17.6 Å². The lowest BCUT2D eigenvalue weighted by molar-refractivity contribution is 0.455. The van der Waals surface area contributed by atoms with Crippen molar-refractivity contribution in [1.82, 2.24) is 0 Å². The van der Waals surface area contributed by atoms with E-state index in [-0.39, 0.29) is 17.2 Å². The molecule has 5 heteroatoms. The third-order valence-corrected chi connectivity index (χ3v) is 1.06. The third-order valence-electron chi connectivity index (χ3n) is 1.06. The van der Waals surface area contributed by atoms with E-state index in [2.05, 4.69) is 11.9 Å². The van der Waals surface area contributed by atoms with Crippen LogP contribution in [0.1, 0.15) is 0 Å². The number of aromatic hydroxyl groups is 2. The molecular weight excluding hydrogens is 170 g/mol. The molecule has 0 saturated heterocycles. The highest BCUT2D eigenvalue weighted by Crippen LogP contribution is 2.27. The van der Waals surface area contributed by atoms with Crippen LogP contribution < -0.4 is 5.73 Å². The molecule has 0 aromatic heterocycles. The molecule has 0 spiro atoms. The maximum Gasteiger partial charge on any atom is 0.142 e. The SMILES string of the molecule is Nc1c(O)cccc1O.OCl. The number of para-hydroxylation sites is 1. The van der Waals surface area contributed by atoms with Crippen molar-refractivity contribution in [3.05, 3.63) is 18.2 Å². The molecule has 1 aromatic rings. The van der Waals surface area contributed by atoms with Gasteiger partial charge in [-0.1, -0.05) is 6.07 Å². The van der Waals surface area contributed by atoms with Gasteiger partial charge < -0.3 is 15.9 Å². The Morgan fingerprint density at radius 3 is 1.73 bits per heavy atom. The Morgan fingerprint density at radius 2 is 1.45 bits per heavy atom. The molecule has 0 bridgehead atoms. The molecule has 0 radical (unpaired) electrons. The predicted octanol–water partition coefficient (Wildman–Crippen LogP) is 0.812. The van der Waals surface area contributed by atoms with Crippen LogP contribution in [0.3, 0.4) is 0 Å². The quantitative estimate of drug-likeness (QED) is 0.349. The standard InChI is InChI=1S/C6H7NO2.ClHO/c7-6-4(8)2-1-3-5(6)9;1-2/h1-3,8-9H,7H2;2H. The van der Waals surface area contributed by atoms with Gasteiger partial charge in [-0.15, -0.1) is 0 Å². The zero-order valence-corrected chi connectivity index (χ0v) is 6.28. The molecule has 0 atom stereocenters. The van der Waals surface area contributed by atoms with Crippen LogP contribution in [0.15, 0.2) is 18.2 Å². The monoisotopic (exact) mass is 177 g/mol. The van der Waals surface area contributed by atoms with Crippen LogP contribution in [0.4, 0.5) is 5.69 Å². The first-order valence-corrected chi connectivity index (χ1v) is 2.99. The molecular formula is C6H8ClNO3. The van der Waals surface area contributed by atoms with Crippen molar-refractivity contribution in [2.75, 3.05) is 5.73 Å². The summed E-state index contributed by atoms with van der Waals surface area (Å²) in [4.78, 5) is 0. The third kappa shape index (κ3) is 2.53. The van der Waals surface area contributed by atoms with Gasteiger partial charge in [-0.25, -0.2) is 0 Å². The van der Waals surface area contributed by atoms with Gasteiger partial charge in [0.2, 0.25) is 0 Å². The number of phenols is 2. The Morgan fingerprint density at radius 1 is 1.09 bits per heavy atom. The molecule has 0 fully saturated rings. The Hall–Kier alpha value is -1.13. The average molecular weight is 178 g/mol. The second kappa shape index (κ2) is 4.65. The van der Waals surface area contributed by atoms with Gasteiger partial charge in [0.1, 0.15) is 17.2 Å². The van der Waals surface area contributed by atoms with E-state index in [1.165, 1.54) is 18.2 Å². The molecule has 5 N–H and O–H groups in total. The van der Waals surface area contributed by atoms with Gasteiger partial charge in [-0.3, -0.25) is 4.66 Å². The van der Waals surface area contributed by atoms with Crippen molar-refractivity contribution in [1.29, 1.82) is 0 Å². The average Bonchev–Trinajstić information content (AvgIpc) is 2.04. The first kappa shape index (κ1) is 9.87. The summed E-state index contributed by atoms with van der Waals surface area (Å²) >= 11 is 3.64. The molecule has 0 unspecified atom stereocenters. The highest BCUT2D eigenvalue weighted by atomic mass is 35.5. The Bertz CT molecular complexity index is 209. The lowest BCUT2D eigenvalue weighted by Gasteiger charge is -1.98. The minimum absolute atomic E-state index is 0.0255. The molecule has 11 heavy (non-hydrogen) atoms. The number of anilines is 1. The first-order valence-electron chi connectivity index (χ1n) is 2.65. The first-order chi connectivity index (χ1) is 5.22. The zero-order valence-electron chi connectivity index (χ0n) is 5.53. The minimum atomic E-state index is -0.0880. The maximum atomic E-state index is 8.82. The van der Waals surface area contributed by atoms with Crippen molar-refractivity contribution in [3.8, 4) is 11.5 Å². The van der Waals surface area contributed by atoms with E-state index in [9.17, 15) is 0 Å². The molecule has 0 aliphatic rings. The number of rotatable bonds is 0. The van der Waals surface area contributed by atoms with E-state index in [1.807, 2.05) is 0 Å². The molecule has 4 nitrogen and oxygen atoms in total. The van der Waals surface area contributed by atoms with E-state index in [4.69, 9.17) is 20.6 Å². The summed E-state index contributed by atoms with van der Waals surface area (Å²) in [7, 11) is 0. The minimum Gasteiger partial charge on any atom is -0.506 e. The van der Waals surface area contributed by atoms with Gasteiger partial charge in [0.05, 0.1) is 11.9 Å². The summed E-state index contributed by atoms with van der Waals surface area (Å²) in [5.74, 6) is -0.176. The zero-order chi connectivity index (χ0) is 8.85. The van der Waals surface area contributed by atoms with Crippen molar-refractivity contribution in [2.24, 2.45) is 0 Å². The summed E-state index contributed by atoms with van der Waals surface area (Å²) < 4.78 is 6.47. The molecule has 0 aliphatic heterocycles. The van der Waals surface area contributed by atoms with E-state index >= 15 is 0 Å². The number of phenolic OH excluding ortho intramolecular Hbond substituents is 2. The van der Waals surface area contributed by atoms with Gasteiger partial charge >= 0.3 is 0 Å². The smallest absolute Gasteiger partial charge is 0.142 e. The van der Waals surface area contributed by atoms with Gasteiger partial charge in [0, 0.05) is 0 Å².